The SMILES string of the molecule is N#Cc1cc2cnc(Nc3ccc(N4CCNCC4)cn3)nn2c1C1=CCCC1. The van der Waals surface area contributed by atoms with Crippen LogP contribution in [-0.2, 0) is 0 Å². The van der Waals surface area contributed by atoms with Gasteiger partial charge in [0.05, 0.1) is 34.9 Å². The smallest absolute Gasteiger partial charge is 0.246 e. The Morgan fingerprint density at radius 1 is 1.14 bits per heavy atom. The zero-order chi connectivity index (χ0) is 19.6. The topological polar surface area (TPSA) is 94.2 Å². The molecule has 0 aromatic carbocycles. The van der Waals surface area contributed by atoms with E-state index in [1.54, 1.807) is 6.20 Å². The lowest BCUT2D eigenvalue weighted by atomic mass is 10.1. The van der Waals surface area contributed by atoms with Gasteiger partial charge in [-0.05, 0) is 43.0 Å². The summed E-state index contributed by atoms with van der Waals surface area (Å²) in [6.07, 6.45) is 8.96. The number of nitrogens with zero attached hydrogens (tertiary/aromatic N) is 6. The molecule has 0 amide bonds. The number of hydrogen-bond donors (Lipinski definition) is 2. The highest BCUT2D eigenvalue weighted by atomic mass is 15.3. The molecule has 1 aliphatic heterocycles. The van der Waals surface area contributed by atoms with Gasteiger partial charge in [0.1, 0.15) is 11.9 Å². The standard InChI is InChI=1S/C21H22N8/c22-12-16-11-18-14-25-21(27-29(18)20(16)15-3-1-2-4-15)26-19-6-5-17(13-24-19)28-9-7-23-8-10-28/h3,5-6,11,13-14,23H,1-2,4,7-10H2,(H,24,26,27). The Hall–Kier alpha value is -3.44. The summed E-state index contributed by atoms with van der Waals surface area (Å²) in [5.41, 5.74) is 4.64. The Morgan fingerprint density at radius 3 is 2.76 bits per heavy atom. The average Bonchev–Trinajstić information content (AvgIpc) is 3.42. The lowest BCUT2D eigenvalue weighted by molar-refractivity contribution is 0.589. The van der Waals surface area contributed by atoms with E-state index in [0.717, 1.165) is 62.3 Å². The first-order chi connectivity index (χ1) is 14.3. The molecule has 0 atom stereocenters. The van der Waals surface area contributed by atoms with E-state index >= 15 is 0 Å². The molecule has 3 aromatic heterocycles. The van der Waals surface area contributed by atoms with Gasteiger partial charge in [-0.3, -0.25) is 0 Å². The number of rotatable bonds is 4. The van der Waals surface area contributed by atoms with E-state index in [1.165, 1.54) is 5.57 Å². The number of hydrogen-bond acceptors (Lipinski definition) is 7. The molecule has 0 unspecified atom stereocenters. The molecular weight excluding hydrogens is 364 g/mol. The number of allylic oxidation sites excluding steroid dienone is 2. The molecule has 1 aliphatic carbocycles. The maximum absolute atomic E-state index is 9.55. The monoisotopic (exact) mass is 386 g/mol. The summed E-state index contributed by atoms with van der Waals surface area (Å²) >= 11 is 0. The van der Waals surface area contributed by atoms with Crippen LogP contribution in [0.4, 0.5) is 17.5 Å². The van der Waals surface area contributed by atoms with Crippen LogP contribution in [0.5, 0.6) is 0 Å². The minimum atomic E-state index is 0.458. The van der Waals surface area contributed by atoms with Gasteiger partial charge in [0, 0.05) is 26.2 Å². The number of pyridine rings is 1. The number of nitrogens with one attached hydrogen (secondary N) is 2. The molecule has 3 aromatic rings. The molecule has 0 spiro atoms. The molecule has 0 bridgehead atoms. The summed E-state index contributed by atoms with van der Waals surface area (Å²) in [6, 6.07) is 8.16. The summed E-state index contributed by atoms with van der Waals surface area (Å²) in [5, 5.41) is 20.7. The predicted octanol–water partition coefficient (Wildman–Crippen LogP) is 2.72. The first-order valence-corrected chi connectivity index (χ1v) is 9.99. The molecule has 146 valence electrons. The second-order valence-corrected chi connectivity index (χ2v) is 7.32. The molecule has 2 aliphatic rings. The van der Waals surface area contributed by atoms with Gasteiger partial charge in [-0.25, -0.2) is 14.5 Å². The van der Waals surface area contributed by atoms with Crippen molar-refractivity contribution in [3.8, 4) is 6.07 Å². The highest BCUT2D eigenvalue weighted by Gasteiger charge is 2.18. The third kappa shape index (κ3) is 3.41. The molecule has 2 N–H and O–H groups in total. The fourth-order valence-electron chi connectivity index (χ4n) is 3.99. The van der Waals surface area contributed by atoms with Gasteiger partial charge in [-0.1, -0.05) is 6.08 Å². The van der Waals surface area contributed by atoms with Gasteiger partial charge in [0.15, 0.2) is 0 Å². The van der Waals surface area contributed by atoms with E-state index in [1.807, 2.05) is 22.8 Å². The van der Waals surface area contributed by atoms with Crippen LogP contribution < -0.4 is 15.5 Å². The van der Waals surface area contributed by atoms with Crippen molar-refractivity contribution in [3.05, 3.63) is 47.9 Å². The van der Waals surface area contributed by atoms with E-state index < -0.39 is 0 Å². The van der Waals surface area contributed by atoms with Gasteiger partial charge >= 0.3 is 0 Å². The molecule has 1 fully saturated rings. The minimum absolute atomic E-state index is 0.458. The van der Waals surface area contributed by atoms with Crippen LogP contribution in [0.25, 0.3) is 11.1 Å². The average molecular weight is 386 g/mol. The fraction of sp³-hybridized carbons (Fsp3) is 0.333. The van der Waals surface area contributed by atoms with Gasteiger partial charge in [-0.15, -0.1) is 5.10 Å². The normalized spacial score (nSPS) is 16.7. The van der Waals surface area contributed by atoms with Crippen molar-refractivity contribution in [3.63, 3.8) is 0 Å². The van der Waals surface area contributed by atoms with Crippen molar-refractivity contribution in [2.45, 2.75) is 19.3 Å². The van der Waals surface area contributed by atoms with Crippen molar-refractivity contribution in [1.82, 2.24) is 24.9 Å². The molecule has 0 radical (unpaired) electrons. The Bertz CT molecular complexity index is 1100. The van der Waals surface area contributed by atoms with Crippen LogP contribution in [0.2, 0.25) is 0 Å². The van der Waals surface area contributed by atoms with E-state index in [9.17, 15) is 5.26 Å². The maximum atomic E-state index is 9.55. The molecule has 8 nitrogen and oxygen atoms in total. The number of piperazine rings is 1. The first kappa shape index (κ1) is 17.6. The lowest BCUT2D eigenvalue weighted by Crippen LogP contribution is -2.43. The summed E-state index contributed by atoms with van der Waals surface area (Å²) in [6.45, 7) is 3.96. The second kappa shape index (κ2) is 7.53. The second-order valence-electron chi connectivity index (χ2n) is 7.32. The van der Waals surface area contributed by atoms with Gasteiger partial charge in [0.2, 0.25) is 5.95 Å². The predicted molar refractivity (Wildman–Crippen MR) is 112 cm³/mol. The molecule has 1 saturated heterocycles. The summed E-state index contributed by atoms with van der Waals surface area (Å²) in [5.74, 6) is 1.15. The van der Waals surface area contributed by atoms with Crippen LogP contribution in [0.1, 0.15) is 30.5 Å². The Labute approximate surface area is 168 Å². The van der Waals surface area contributed by atoms with Crippen LogP contribution in [0.3, 0.4) is 0 Å². The first-order valence-electron chi connectivity index (χ1n) is 9.99. The summed E-state index contributed by atoms with van der Waals surface area (Å²) in [4.78, 5) is 11.2. The van der Waals surface area contributed by atoms with Crippen LogP contribution in [0, 0.1) is 11.3 Å². The largest absolute Gasteiger partial charge is 0.368 e. The Morgan fingerprint density at radius 2 is 2.03 bits per heavy atom. The van der Waals surface area contributed by atoms with Gasteiger partial charge in [0.25, 0.3) is 0 Å². The third-order valence-electron chi connectivity index (χ3n) is 5.45. The Balaban J connectivity index is 1.42. The van der Waals surface area contributed by atoms with Crippen molar-refractivity contribution in [2.24, 2.45) is 0 Å². The maximum Gasteiger partial charge on any atom is 0.246 e. The highest BCUT2D eigenvalue weighted by molar-refractivity contribution is 5.74. The zero-order valence-electron chi connectivity index (χ0n) is 16.1. The summed E-state index contributed by atoms with van der Waals surface area (Å²) in [7, 11) is 0. The third-order valence-corrected chi connectivity index (χ3v) is 5.45. The molecule has 5 rings (SSSR count). The summed E-state index contributed by atoms with van der Waals surface area (Å²) < 4.78 is 1.82. The molecular formula is C21H22N8. The number of aromatic nitrogens is 4. The molecule has 29 heavy (non-hydrogen) atoms. The van der Waals surface area contributed by atoms with E-state index in [-0.39, 0.29) is 0 Å². The van der Waals surface area contributed by atoms with Crippen molar-refractivity contribution < 1.29 is 0 Å². The Kier molecular flexibility index (Phi) is 4.58. The van der Waals surface area contributed by atoms with Gasteiger partial charge in [-0.2, -0.15) is 5.26 Å². The van der Waals surface area contributed by atoms with Crippen molar-refractivity contribution >= 4 is 28.5 Å². The van der Waals surface area contributed by atoms with E-state index in [0.29, 0.717) is 17.3 Å². The fourth-order valence-corrected chi connectivity index (χ4v) is 3.99. The van der Waals surface area contributed by atoms with E-state index in [2.05, 4.69) is 48.8 Å². The zero-order valence-corrected chi connectivity index (χ0v) is 16.1. The van der Waals surface area contributed by atoms with Gasteiger partial charge < -0.3 is 15.5 Å². The van der Waals surface area contributed by atoms with Crippen LogP contribution >= 0.6 is 0 Å². The van der Waals surface area contributed by atoms with Crippen molar-refractivity contribution in [2.75, 3.05) is 36.4 Å². The molecule has 0 saturated carbocycles. The highest BCUT2D eigenvalue weighted by Crippen LogP contribution is 2.31. The molecule has 4 heterocycles. The minimum Gasteiger partial charge on any atom is -0.368 e. The number of anilines is 3. The van der Waals surface area contributed by atoms with E-state index in [4.69, 9.17) is 0 Å². The number of nitriles is 1. The quantitative estimate of drug-likeness (QED) is 0.712. The molecule has 8 heteroatoms. The number of fused-ring (bicyclic) bond motifs is 1. The van der Waals surface area contributed by atoms with Crippen LogP contribution in [-0.4, -0.2) is 45.8 Å². The lowest BCUT2D eigenvalue weighted by Gasteiger charge is -2.29. The van der Waals surface area contributed by atoms with Crippen LogP contribution in [0.15, 0.2) is 36.7 Å². The van der Waals surface area contributed by atoms with Crippen molar-refractivity contribution in [1.29, 1.82) is 5.26 Å².